The van der Waals surface area contributed by atoms with Gasteiger partial charge in [0.2, 0.25) is 0 Å². The van der Waals surface area contributed by atoms with Crippen LogP contribution in [0.4, 0.5) is 0 Å². The molecule has 2 unspecified atom stereocenters. The lowest BCUT2D eigenvalue weighted by atomic mass is 9.75. The Kier molecular flexibility index (Phi) is 4.20. The van der Waals surface area contributed by atoms with Gasteiger partial charge in [-0.05, 0) is 35.4 Å². The van der Waals surface area contributed by atoms with Gasteiger partial charge in [-0.3, -0.25) is 9.88 Å². The third kappa shape index (κ3) is 3.04. The lowest BCUT2D eigenvalue weighted by Crippen LogP contribution is -2.60. The van der Waals surface area contributed by atoms with E-state index in [9.17, 15) is 5.11 Å². The summed E-state index contributed by atoms with van der Waals surface area (Å²) in [4.78, 5) is 6.82. The van der Waals surface area contributed by atoms with E-state index < -0.39 is 5.60 Å². The molecular formula is C23H24N2O2. The summed E-state index contributed by atoms with van der Waals surface area (Å²) >= 11 is 0. The minimum absolute atomic E-state index is 0.217. The SMILES string of the molecule is OC1(c2cccc3ccncc23)CC2COCC(C1)N2Cc1ccccc1. The second-order valence-electron chi connectivity index (χ2n) is 7.85. The largest absolute Gasteiger partial charge is 0.385 e. The second-order valence-corrected chi connectivity index (χ2v) is 7.85. The number of rotatable bonds is 3. The summed E-state index contributed by atoms with van der Waals surface area (Å²) < 4.78 is 5.86. The molecule has 3 heterocycles. The van der Waals surface area contributed by atoms with Crippen molar-refractivity contribution in [3.8, 4) is 0 Å². The van der Waals surface area contributed by atoms with Gasteiger partial charge in [-0.1, -0.05) is 48.5 Å². The van der Waals surface area contributed by atoms with Crippen molar-refractivity contribution < 1.29 is 9.84 Å². The van der Waals surface area contributed by atoms with Crippen molar-refractivity contribution in [2.24, 2.45) is 0 Å². The number of hydrogen-bond donors (Lipinski definition) is 1. The van der Waals surface area contributed by atoms with E-state index >= 15 is 0 Å². The summed E-state index contributed by atoms with van der Waals surface area (Å²) in [5.74, 6) is 0. The van der Waals surface area contributed by atoms with Crippen LogP contribution in [-0.2, 0) is 16.9 Å². The topological polar surface area (TPSA) is 45.6 Å². The first kappa shape index (κ1) is 16.9. The van der Waals surface area contributed by atoms with Crippen LogP contribution in [0.1, 0.15) is 24.0 Å². The highest BCUT2D eigenvalue weighted by molar-refractivity contribution is 5.85. The van der Waals surface area contributed by atoms with Gasteiger partial charge >= 0.3 is 0 Å². The molecule has 0 amide bonds. The standard InChI is InChI=1S/C23H24N2O2/c26-23(22-8-4-7-18-9-10-24-13-21(18)22)11-19-15-27-16-20(12-23)25(19)14-17-5-2-1-3-6-17/h1-10,13,19-20,26H,11-12,14-16H2. The van der Waals surface area contributed by atoms with Crippen LogP contribution in [-0.4, -0.2) is 40.3 Å². The van der Waals surface area contributed by atoms with Crippen molar-refractivity contribution in [3.05, 3.63) is 78.1 Å². The Morgan fingerprint density at radius 3 is 2.56 bits per heavy atom. The molecule has 1 N–H and O–H groups in total. The van der Waals surface area contributed by atoms with Crippen LogP contribution in [0, 0.1) is 0 Å². The molecule has 4 nitrogen and oxygen atoms in total. The molecule has 27 heavy (non-hydrogen) atoms. The highest BCUT2D eigenvalue weighted by Crippen LogP contribution is 2.43. The molecule has 0 saturated carbocycles. The maximum atomic E-state index is 11.7. The molecule has 0 radical (unpaired) electrons. The van der Waals surface area contributed by atoms with Crippen LogP contribution in [0.25, 0.3) is 10.8 Å². The number of morpholine rings is 1. The van der Waals surface area contributed by atoms with E-state index in [4.69, 9.17) is 4.74 Å². The Balaban J connectivity index is 1.48. The fourth-order valence-electron chi connectivity index (χ4n) is 4.84. The van der Waals surface area contributed by atoms with E-state index in [1.165, 1.54) is 5.56 Å². The Morgan fingerprint density at radius 2 is 1.78 bits per heavy atom. The predicted octanol–water partition coefficient (Wildman–Crippen LogP) is 3.49. The van der Waals surface area contributed by atoms with Gasteiger partial charge in [0, 0.05) is 36.4 Å². The number of benzene rings is 2. The van der Waals surface area contributed by atoms with E-state index in [1.54, 1.807) is 6.20 Å². The summed E-state index contributed by atoms with van der Waals surface area (Å²) in [5, 5.41) is 13.9. The third-order valence-corrected chi connectivity index (χ3v) is 6.10. The Morgan fingerprint density at radius 1 is 1.00 bits per heavy atom. The molecule has 4 heteroatoms. The van der Waals surface area contributed by atoms with Crippen LogP contribution in [0.5, 0.6) is 0 Å². The van der Waals surface area contributed by atoms with Gasteiger partial charge in [0.15, 0.2) is 0 Å². The van der Waals surface area contributed by atoms with Gasteiger partial charge in [-0.15, -0.1) is 0 Å². The molecule has 2 saturated heterocycles. The summed E-state index contributed by atoms with van der Waals surface area (Å²) in [7, 11) is 0. The highest BCUT2D eigenvalue weighted by atomic mass is 16.5. The average Bonchev–Trinajstić information content (AvgIpc) is 2.69. The molecule has 2 bridgehead atoms. The number of fused-ring (bicyclic) bond motifs is 3. The van der Waals surface area contributed by atoms with Gasteiger partial charge in [-0.25, -0.2) is 0 Å². The van der Waals surface area contributed by atoms with E-state index in [0.717, 1.165) is 22.9 Å². The Bertz CT molecular complexity index is 924. The molecule has 138 valence electrons. The fraction of sp³-hybridized carbons (Fsp3) is 0.348. The van der Waals surface area contributed by atoms with Crippen LogP contribution < -0.4 is 0 Å². The highest BCUT2D eigenvalue weighted by Gasteiger charge is 2.47. The fourth-order valence-corrected chi connectivity index (χ4v) is 4.84. The smallest absolute Gasteiger partial charge is 0.0934 e. The molecule has 1 aromatic heterocycles. The monoisotopic (exact) mass is 360 g/mol. The zero-order valence-corrected chi connectivity index (χ0v) is 15.3. The second kappa shape index (κ2) is 6.71. The maximum absolute atomic E-state index is 11.7. The van der Waals surface area contributed by atoms with Crippen molar-refractivity contribution >= 4 is 10.8 Å². The minimum Gasteiger partial charge on any atom is -0.385 e. The number of aromatic nitrogens is 1. The van der Waals surface area contributed by atoms with Crippen molar-refractivity contribution in [1.29, 1.82) is 0 Å². The number of ether oxygens (including phenoxy) is 1. The molecule has 2 fully saturated rings. The predicted molar refractivity (Wildman–Crippen MR) is 105 cm³/mol. The molecule has 3 aromatic rings. The van der Waals surface area contributed by atoms with Crippen LogP contribution in [0.2, 0.25) is 0 Å². The lowest BCUT2D eigenvalue weighted by molar-refractivity contribution is -0.149. The Hall–Kier alpha value is -2.27. The van der Waals surface area contributed by atoms with Gasteiger partial charge < -0.3 is 9.84 Å². The molecule has 2 aromatic carbocycles. The Labute approximate surface area is 159 Å². The van der Waals surface area contributed by atoms with E-state index in [2.05, 4.69) is 52.3 Å². The summed E-state index contributed by atoms with van der Waals surface area (Å²) in [6.07, 6.45) is 5.06. The van der Waals surface area contributed by atoms with Gasteiger partial charge in [0.05, 0.1) is 18.8 Å². The number of pyridine rings is 1. The molecular weight excluding hydrogens is 336 g/mol. The zero-order chi connectivity index (χ0) is 18.3. The summed E-state index contributed by atoms with van der Waals surface area (Å²) in [6.45, 7) is 2.26. The van der Waals surface area contributed by atoms with Crippen molar-refractivity contribution in [3.63, 3.8) is 0 Å². The molecule has 2 atom stereocenters. The molecule has 5 rings (SSSR count). The van der Waals surface area contributed by atoms with Crippen molar-refractivity contribution in [2.75, 3.05) is 13.2 Å². The average molecular weight is 360 g/mol. The first-order valence-corrected chi connectivity index (χ1v) is 9.66. The van der Waals surface area contributed by atoms with Gasteiger partial charge in [0.1, 0.15) is 0 Å². The molecule has 2 aliphatic rings. The maximum Gasteiger partial charge on any atom is 0.0934 e. The normalized spacial score (nSPS) is 28.3. The molecule has 2 aliphatic heterocycles. The van der Waals surface area contributed by atoms with Crippen LogP contribution in [0.3, 0.4) is 0 Å². The summed E-state index contributed by atoms with van der Waals surface area (Å²) in [5.41, 5.74) is 1.48. The minimum atomic E-state index is -0.838. The van der Waals surface area contributed by atoms with Crippen molar-refractivity contribution in [2.45, 2.75) is 37.1 Å². The zero-order valence-electron chi connectivity index (χ0n) is 15.3. The third-order valence-electron chi connectivity index (χ3n) is 6.10. The number of hydrogen-bond acceptors (Lipinski definition) is 4. The molecule has 0 aliphatic carbocycles. The van der Waals surface area contributed by atoms with E-state index in [0.29, 0.717) is 26.1 Å². The molecule has 0 spiro atoms. The summed E-state index contributed by atoms with van der Waals surface area (Å²) in [6, 6.07) is 19.2. The van der Waals surface area contributed by atoms with Crippen LogP contribution >= 0.6 is 0 Å². The van der Waals surface area contributed by atoms with Crippen LogP contribution in [0.15, 0.2) is 67.0 Å². The van der Waals surface area contributed by atoms with E-state index in [-0.39, 0.29) is 12.1 Å². The number of piperidine rings is 1. The lowest BCUT2D eigenvalue weighted by Gasteiger charge is -2.52. The first-order chi connectivity index (χ1) is 13.2. The van der Waals surface area contributed by atoms with Crippen molar-refractivity contribution in [1.82, 2.24) is 9.88 Å². The van der Waals surface area contributed by atoms with Gasteiger partial charge in [0.25, 0.3) is 0 Å². The first-order valence-electron chi connectivity index (χ1n) is 9.66. The number of nitrogens with zero attached hydrogens (tertiary/aromatic N) is 2. The van der Waals surface area contributed by atoms with E-state index in [1.807, 2.05) is 18.3 Å². The van der Waals surface area contributed by atoms with Gasteiger partial charge in [-0.2, -0.15) is 0 Å². The quantitative estimate of drug-likeness (QED) is 0.777. The number of aliphatic hydroxyl groups is 1.